The van der Waals surface area contributed by atoms with Gasteiger partial charge in [0.25, 0.3) is 0 Å². The van der Waals surface area contributed by atoms with Crippen molar-refractivity contribution in [1.29, 1.82) is 0 Å². The molecule has 0 fully saturated rings. The van der Waals surface area contributed by atoms with Crippen LogP contribution in [0.5, 0.6) is 0 Å². The molecule has 88 valence electrons. The zero-order chi connectivity index (χ0) is 12.1. The summed E-state index contributed by atoms with van der Waals surface area (Å²) < 4.78 is 17.7. The van der Waals surface area contributed by atoms with Crippen LogP contribution in [0.2, 0.25) is 0 Å². The van der Waals surface area contributed by atoms with E-state index in [1.54, 1.807) is 19.9 Å². The molecule has 1 aromatic carbocycles. The van der Waals surface area contributed by atoms with Crippen LogP contribution in [0.25, 0.3) is 0 Å². The highest BCUT2D eigenvalue weighted by Crippen LogP contribution is 2.19. The van der Waals surface area contributed by atoms with Crippen LogP contribution in [-0.4, -0.2) is 12.6 Å². The van der Waals surface area contributed by atoms with Crippen molar-refractivity contribution in [3.8, 4) is 0 Å². The molecule has 3 nitrogen and oxygen atoms in total. The topological polar surface area (TPSA) is 52.3 Å². The number of hydrogen-bond donors (Lipinski definition) is 1. The number of esters is 1. The second kappa shape index (κ2) is 5.61. The maximum Gasteiger partial charge on any atom is 0.307 e. The Kier molecular flexibility index (Phi) is 4.43. The molecule has 1 atom stereocenters. The summed E-state index contributed by atoms with van der Waals surface area (Å²) in [4.78, 5) is 11.2. The predicted molar refractivity (Wildman–Crippen MR) is 59.3 cm³/mol. The molecule has 1 aromatic rings. The van der Waals surface area contributed by atoms with Crippen LogP contribution >= 0.6 is 0 Å². The number of ether oxygens (including phenoxy) is 1. The molecule has 0 aliphatic carbocycles. The minimum Gasteiger partial charge on any atom is -0.466 e. The standard InChI is InChI=1S/C12H16FNO2/c1-3-16-12(15)7-11(14)10-5-4-9(13)6-8(10)2/h4-6,11H,3,7,14H2,1-2H3/t11-/m0/s1. The van der Waals surface area contributed by atoms with Gasteiger partial charge in [0.1, 0.15) is 5.82 Å². The van der Waals surface area contributed by atoms with Gasteiger partial charge in [-0.1, -0.05) is 6.07 Å². The number of rotatable bonds is 4. The quantitative estimate of drug-likeness (QED) is 0.798. The molecule has 0 amide bonds. The summed E-state index contributed by atoms with van der Waals surface area (Å²) in [5.74, 6) is -0.636. The van der Waals surface area contributed by atoms with Gasteiger partial charge in [0, 0.05) is 6.04 Å². The molecule has 0 aliphatic heterocycles. The van der Waals surface area contributed by atoms with E-state index >= 15 is 0 Å². The van der Waals surface area contributed by atoms with Crippen LogP contribution < -0.4 is 5.73 Å². The van der Waals surface area contributed by atoms with Crippen LogP contribution in [0.3, 0.4) is 0 Å². The van der Waals surface area contributed by atoms with E-state index in [1.165, 1.54) is 12.1 Å². The summed E-state index contributed by atoms with van der Waals surface area (Å²) in [6.07, 6.45) is 0.111. The lowest BCUT2D eigenvalue weighted by atomic mass is 9.99. The highest BCUT2D eigenvalue weighted by Gasteiger charge is 2.14. The molecule has 0 heterocycles. The van der Waals surface area contributed by atoms with Gasteiger partial charge in [-0.3, -0.25) is 4.79 Å². The van der Waals surface area contributed by atoms with Crippen molar-refractivity contribution in [3.63, 3.8) is 0 Å². The van der Waals surface area contributed by atoms with E-state index in [-0.39, 0.29) is 18.2 Å². The largest absolute Gasteiger partial charge is 0.466 e. The van der Waals surface area contributed by atoms with E-state index in [9.17, 15) is 9.18 Å². The Hall–Kier alpha value is -1.42. The van der Waals surface area contributed by atoms with Crippen molar-refractivity contribution in [2.75, 3.05) is 6.61 Å². The number of benzene rings is 1. The summed E-state index contributed by atoms with van der Waals surface area (Å²) in [5, 5.41) is 0. The van der Waals surface area contributed by atoms with Gasteiger partial charge in [-0.05, 0) is 37.1 Å². The fourth-order valence-electron chi connectivity index (χ4n) is 1.56. The van der Waals surface area contributed by atoms with Gasteiger partial charge in [0.2, 0.25) is 0 Å². The van der Waals surface area contributed by atoms with Gasteiger partial charge in [-0.2, -0.15) is 0 Å². The lowest BCUT2D eigenvalue weighted by Gasteiger charge is -2.13. The third kappa shape index (κ3) is 3.31. The Morgan fingerprint density at radius 3 is 2.81 bits per heavy atom. The lowest BCUT2D eigenvalue weighted by Crippen LogP contribution is -2.18. The third-order valence-electron chi connectivity index (χ3n) is 2.32. The molecule has 0 bridgehead atoms. The lowest BCUT2D eigenvalue weighted by molar-refractivity contribution is -0.143. The van der Waals surface area contributed by atoms with Crippen molar-refractivity contribution in [1.82, 2.24) is 0 Å². The van der Waals surface area contributed by atoms with Gasteiger partial charge < -0.3 is 10.5 Å². The van der Waals surface area contributed by atoms with Gasteiger partial charge in [0.05, 0.1) is 13.0 Å². The molecule has 1 rings (SSSR count). The molecule has 0 spiro atoms. The molecule has 0 saturated heterocycles. The van der Waals surface area contributed by atoms with Crippen LogP contribution in [0, 0.1) is 12.7 Å². The summed E-state index contributed by atoms with van der Waals surface area (Å²) >= 11 is 0. The monoisotopic (exact) mass is 225 g/mol. The normalized spacial score (nSPS) is 12.2. The van der Waals surface area contributed by atoms with E-state index in [4.69, 9.17) is 10.5 Å². The van der Waals surface area contributed by atoms with E-state index in [2.05, 4.69) is 0 Å². The Bertz CT molecular complexity index is 379. The number of nitrogens with two attached hydrogens (primary N) is 1. The fraction of sp³-hybridized carbons (Fsp3) is 0.417. The Morgan fingerprint density at radius 1 is 1.56 bits per heavy atom. The smallest absolute Gasteiger partial charge is 0.307 e. The molecule has 16 heavy (non-hydrogen) atoms. The van der Waals surface area contributed by atoms with Gasteiger partial charge >= 0.3 is 5.97 Å². The Morgan fingerprint density at radius 2 is 2.25 bits per heavy atom. The average Bonchev–Trinajstić information content (AvgIpc) is 2.17. The number of carbonyl (C=O) groups is 1. The molecule has 4 heteroatoms. The van der Waals surface area contributed by atoms with Crippen molar-refractivity contribution >= 4 is 5.97 Å². The zero-order valence-corrected chi connectivity index (χ0v) is 9.50. The number of aryl methyl sites for hydroxylation is 1. The van der Waals surface area contributed by atoms with E-state index in [1.807, 2.05) is 0 Å². The van der Waals surface area contributed by atoms with Gasteiger partial charge in [0.15, 0.2) is 0 Å². The highest BCUT2D eigenvalue weighted by atomic mass is 19.1. The van der Waals surface area contributed by atoms with Crippen LogP contribution in [0.4, 0.5) is 4.39 Å². The minimum atomic E-state index is -0.445. The van der Waals surface area contributed by atoms with E-state index < -0.39 is 6.04 Å². The van der Waals surface area contributed by atoms with Crippen LogP contribution in [0.15, 0.2) is 18.2 Å². The molecular formula is C12H16FNO2. The predicted octanol–water partition coefficient (Wildman–Crippen LogP) is 2.09. The first-order valence-corrected chi connectivity index (χ1v) is 5.21. The molecule has 2 N–H and O–H groups in total. The SMILES string of the molecule is CCOC(=O)C[C@H](N)c1ccc(F)cc1C. The zero-order valence-electron chi connectivity index (χ0n) is 9.50. The van der Waals surface area contributed by atoms with Crippen molar-refractivity contribution in [2.24, 2.45) is 5.73 Å². The molecule has 0 radical (unpaired) electrons. The second-order valence-corrected chi connectivity index (χ2v) is 3.62. The summed E-state index contributed by atoms with van der Waals surface area (Å²) in [6, 6.07) is 3.90. The molecule has 0 aromatic heterocycles. The van der Waals surface area contributed by atoms with Gasteiger partial charge in [-0.25, -0.2) is 4.39 Å². The Balaban J connectivity index is 2.72. The first-order chi connectivity index (χ1) is 7.54. The van der Waals surface area contributed by atoms with E-state index in [0.717, 1.165) is 11.1 Å². The number of halogens is 1. The minimum absolute atomic E-state index is 0.111. The summed E-state index contributed by atoms with van der Waals surface area (Å²) in [7, 11) is 0. The second-order valence-electron chi connectivity index (χ2n) is 3.62. The number of carbonyl (C=O) groups excluding carboxylic acids is 1. The summed E-state index contributed by atoms with van der Waals surface area (Å²) in [6.45, 7) is 3.85. The van der Waals surface area contributed by atoms with Crippen LogP contribution in [-0.2, 0) is 9.53 Å². The highest BCUT2D eigenvalue weighted by molar-refractivity contribution is 5.70. The van der Waals surface area contributed by atoms with Gasteiger partial charge in [-0.15, -0.1) is 0 Å². The maximum atomic E-state index is 12.9. The third-order valence-corrected chi connectivity index (χ3v) is 2.32. The molecular weight excluding hydrogens is 209 g/mol. The molecule has 0 saturated carbocycles. The first-order valence-electron chi connectivity index (χ1n) is 5.21. The maximum absolute atomic E-state index is 12.9. The average molecular weight is 225 g/mol. The van der Waals surface area contributed by atoms with Crippen molar-refractivity contribution < 1.29 is 13.9 Å². The van der Waals surface area contributed by atoms with E-state index in [0.29, 0.717) is 6.61 Å². The Labute approximate surface area is 94.4 Å². The van der Waals surface area contributed by atoms with Crippen molar-refractivity contribution in [3.05, 3.63) is 35.1 Å². The summed E-state index contributed by atoms with van der Waals surface area (Å²) in [5.41, 5.74) is 7.37. The van der Waals surface area contributed by atoms with Crippen LogP contribution in [0.1, 0.15) is 30.5 Å². The van der Waals surface area contributed by atoms with Crippen molar-refractivity contribution in [2.45, 2.75) is 26.3 Å². The number of hydrogen-bond acceptors (Lipinski definition) is 3. The fourth-order valence-corrected chi connectivity index (χ4v) is 1.56. The first kappa shape index (κ1) is 12.6. The molecule has 0 unspecified atom stereocenters. The molecule has 0 aliphatic rings.